The molecule has 1 N–H and O–H groups in total. The van der Waals surface area contributed by atoms with Crippen LogP contribution < -0.4 is 0 Å². The van der Waals surface area contributed by atoms with E-state index in [1.165, 1.54) is 55.0 Å². The zero-order chi connectivity index (χ0) is 18.1. The van der Waals surface area contributed by atoms with Crippen LogP contribution in [0.3, 0.4) is 0 Å². The largest absolute Gasteiger partial charge is 0.450 e. The van der Waals surface area contributed by atoms with E-state index in [1.54, 1.807) is 12.1 Å². The highest BCUT2D eigenvalue weighted by Gasteiger charge is 2.35. The maximum Gasteiger partial charge on any atom is 0.283 e. The summed E-state index contributed by atoms with van der Waals surface area (Å²) in [7, 11) is 0. The lowest BCUT2D eigenvalue weighted by molar-refractivity contribution is -0.114. The van der Waals surface area contributed by atoms with Gasteiger partial charge in [0.1, 0.15) is 10.8 Å². The van der Waals surface area contributed by atoms with Gasteiger partial charge in [-0.25, -0.2) is 0 Å². The average molecular weight is 435 g/mol. The smallest absolute Gasteiger partial charge is 0.283 e. The maximum absolute atomic E-state index is 12.3. The topological polar surface area (TPSA) is 82.0 Å². The number of amidine groups is 2. The number of hydrogen-bond acceptors (Lipinski definition) is 5. The molecule has 3 heterocycles. The molecule has 1 fully saturated rings. The van der Waals surface area contributed by atoms with Crippen LogP contribution in [-0.2, 0) is 4.79 Å². The fraction of sp³-hybridized carbons (Fsp3) is 0.444. The fourth-order valence-electron chi connectivity index (χ4n) is 3.48. The van der Waals surface area contributed by atoms with Crippen molar-refractivity contribution in [3.8, 4) is 0 Å². The van der Waals surface area contributed by atoms with Gasteiger partial charge in [-0.2, -0.15) is 15.1 Å². The normalized spacial score (nSPS) is 22.7. The summed E-state index contributed by atoms with van der Waals surface area (Å²) in [5.74, 6) is 0.898. The molecule has 2 aliphatic heterocycles. The van der Waals surface area contributed by atoms with Crippen LogP contribution in [0.5, 0.6) is 0 Å². The molecular formula is C18H19BrN4O2S. The van der Waals surface area contributed by atoms with Gasteiger partial charge in [0.15, 0.2) is 10.5 Å². The van der Waals surface area contributed by atoms with Crippen LogP contribution >= 0.6 is 27.7 Å². The van der Waals surface area contributed by atoms with Crippen molar-refractivity contribution in [2.45, 2.75) is 44.9 Å². The zero-order valence-electron chi connectivity index (χ0n) is 14.2. The number of rotatable bonds is 4. The van der Waals surface area contributed by atoms with E-state index in [9.17, 15) is 4.79 Å². The number of halogens is 1. The highest BCUT2D eigenvalue weighted by Crippen LogP contribution is 2.33. The summed E-state index contributed by atoms with van der Waals surface area (Å²) in [5, 5.41) is 15.8. The number of hydrogen-bond donors (Lipinski definition) is 1. The third-order valence-electron chi connectivity index (χ3n) is 4.87. The van der Waals surface area contributed by atoms with Crippen molar-refractivity contribution in [1.29, 1.82) is 5.41 Å². The van der Waals surface area contributed by atoms with E-state index in [-0.39, 0.29) is 11.4 Å². The van der Waals surface area contributed by atoms with Gasteiger partial charge in [-0.1, -0.05) is 32.1 Å². The molecule has 0 bridgehead atoms. The third-order valence-corrected chi connectivity index (χ3v) is 6.26. The highest BCUT2D eigenvalue weighted by molar-refractivity contribution is 9.10. The summed E-state index contributed by atoms with van der Waals surface area (Å²) in [5.41, 5.74) is 0.188. The van der Waals surface area contributed by atoms with Crippen LogP contribution in [0.1, 0.15) is 50.7 Å². The summed E-state index contributed by atoms with van der Waals surface area (Å²) in [6, 6.07) is 3.47. The third kappa shape index (κ3) is 3.71. The number of hydrazone groups is 1. The standard InChI is InChI=1S/C18H19BrN4O2S/c19-14-8-7-12(25-14)10-13-16(20)23-18(21-17(13)24)26-15(22-23)9-6-11-4-2-1-3-5-11/h7-8,10-11,20H,1-6,9H2/b13-10+,20-16?. The molecule has 0 spiro atoms. The van der Waals surface area contributed by atoms with E-state index in [0.717, 1.165) is 23.8 Å². The fourth-order valence-corrected chi connectivity index (χ4v) is 4.70. The van der Waals surface area contributed by atoms with Crippen LogP contribution in [0.15, 0.2) is 36.9 Å². The van der Waals surface area contributed by atoms with E-state index in [2.05, 4.69) is 26.0 Å². The Hall–Kier alpha value is -1.67. The van der Waals surface area contributed by atoms with Gasteiger partial charge in [-0.05, 0) is 64.7 Å². The maximum atomic E-state index is 12.3. The molecule has 1 aromatic heterocycles. The number of aliphatic imine (C=N–C) groups is 1. The van der Waals surface area contributed by atoms with Crippen molar-refractivity contribution in [3.05, 3.63) is 28.1 Å². The average Bonchev–Trinajstić information content (AvgIpc) is 3.23. The van der Waals surface area contributed by atoms with Crippen molar-refractivity contribution in [3.63, 3.8) is 0 Å². The van der Waals surface area contributed by atoms with Crippen LogP contribution in [0, 0.1) is 11.3 Å². The molecule has 136 valence electrons. The Labute approximate surface area is 164 Å². The van der Waals surface area contributed by atoms with Gasteiger partial charge in [0.25, 0.3) is 5.91 Å². The minimum Gasteiger partial charge on any atom is -0.450 e. The first-order chi connectivity index (χ1) is 12.6. The molecule has 0 unspecified atom stereocenters. The summed E-state index contributed by atoms with van der Waals surface area (Å²) >= 11 is 4.64. The Balaban J connectivity index is 1.47. The van der Waals surface area contributed by atoms with Crippen LogP contribution in [-0.4, -0.2) is 27.0 Å². The van der Waals surface area contributed by atoms with Gasteiger partial charge in [0, 0.05) is 0 Å². The Morgan fingerprint density at radius 3 is 2.88 bits per heavy atom. The lowest BCUT2D eigenvalue weighted by atomic mass is 9.86. The summed E-state index contributed by atoms with van der Waals surface area (Å²) in [4.78, 5) is 16.4. The van der Waals surface area contributed by atoms with E-state index >= 15 is 0 Å². The molecule has 1 saturated carbocycles. The van der Waals surface area contributed by atoms with E-state index < -0.39 is 5.91 Å². The summed E-state index contributed by atoms with van der Waals surface area (Å²) in [6.07, 6.45) is 10.2. The molecule has 1 amide bonds. The minimum atomic E-state index is -0.426. The Morgan fingerprint density at radius 1 is 1.35 bits per heavy atom. The highest BCUT2D eigenvalue weighted by atomic mass is 79.9. The number of thioether (sulfide) groups is 1. The van der Waals surface area contributed by atoms with Gasteiger partial charge in [-0.3, -0.25) is 10.2 Å². The number of amides is 1. The summed E-state index contributed by atoms with van der Waals surface area (Å²) < 4.78 is 5.98. The lowest BCUT2D eigenvalue weighted by Gasteiger charge is -2.20. The molecule has 8 heteroatoms. The predicted molar refractivity (Wildman–Crippen MR) is 107 cm³/mol. The second kappa shape index (κ2) is 7.52. The SMILES string of the molecule is N=C1/C(=C\c2ccc(Br)o2)C(=O)N=C2SC(CCC3CCCCC3)=NN12. The molecule has 6 nitrogen and oxygen atoms in total. The number of furan rings is 1. The van der Waals surface area contributed by atoms with Crippen molar-refractivity contribution in [1.82, 2.24) is 5.01 Å². The first-order valence-corrected chi connectivity index (χ1v) is 10.5. The number of carbonyl (C=O) groups excluding carboxylic acids is 1. The van der Waals surface area contributed by atoms with E-state index in [0.29, 0.717) is 15.6 Å². The second-order valence-corrected chi connectivity index (χ2v) is 8.52. The first kappa shape index (κ1) is 17.7. The van der Waals surface area contributed by atoms with Crippen LogP contribution in [0.25, 0.3) is 6.08 Å². The molecule has 26 heavy (non-hydrogen) atoms. The van der Waals surface area contributed by atoms with Gasteiger partial charge in [0.05, 0.1) is 5.57 Å². The Morgan fingerprint density at radius 2 is 2.15 bits per heavy atom. The van der Waals surface area contributed by atoms with Crippen molar-refractivity contribution < 1.29 is 9.21 Å². The van der Waals surface area contributed by atoms with Crippen LogP contribution in [0.2, 0.25) is 0 Å². The van der Waals surface area contributed by atoms with Crippen molar-refractivity contribution >= 4 is 55.7 Å². The van der Waals surface area contributed by atoms with Crippen molar-refractivity contribution in [2.24, 2.45) is 16.0 Å². The molecule has 0 radical (unpaired) electrons. The Bertz CT molecular complexity index is 836. The van der Waals surface area contributed by atoms with E-state index in [1.807, 2.05) is 0 Å². The second-order valence-electron chi connectivity index (χ2n) is 6.70. The molecule has 1 aromatic rings. The molecule has 4 rings (SSSR count). The number of fused-ring (bicyclic) bond motifs is 1. The molecule has 1 aliphatic carbocycles. The zero-order valence-corrected chi connectivity index (χ0v) is 16.6. The molecule has 0 atom stereocenters. The minimum absolute atomic E-state index is 0.0488. The van der Waals surface area contributed by atoms with Gasteiger partial charge < -0.3 is 4.42 Å². The lowest BCUT2D eigenvalue weighted by Crippen LogP contribution is -2.35. The van der Waals surface area contributed by atoms with Gasteiger partial charge >= 0.3 is 0 Å². The quantitative estimate of drug-likeness (QED) is 0.674. The number of carbonyl (C=O) groups is 1. The molecule has 0 aromatic carbocycles. The summed E-state index contributed by atoms with van der Waals surface area (Å²) in [6.45, 7) is 0. The first-order valence-electron chi connectivity index (χ1n) is 8.84. The van der Waals surface area contributed by atoms with Gasteiger partial charge in [-0.15, -0.1) is 0 Å². The number of nitrogens with one attached hydrogen (secondary N) is 1. The molecule has 0 saturated heterocycles. The molecular weight excluding hydrogens is 416 g/mol. The Kier molecular flexibility index (Phi) is 5.13. The van der Waals surface area contributed by atoms with E-state index in [4.69, 9.17) is 9.83 Å². The molecule has 3 aliphatic rings. The van der Waals surface area contributed by atoms with Crippen LogP contribution in [0.4, 0.5) is 0 Å². The van der Waals surface area contributed by atoms with Crippen molar-refractivity contribution in [2.75, 3.05) is 0 Å². The monoisotopic (exact) mass is 434 g/mol. The predicted octanol–water partition coefficient (Wildman–Crippen LogP) is 5.02. The number of nitrogens with zero attached hydrogens (tertiary/aromatic N) is 3. The van der Waals surface area contributed by atoms with Gasteiger partial charge in [0.2, 0.25) is 5.17 Å².